The van der Waals surface area contributed by atoms with Gasteiger partial charge in [-0.25, -0.2) is 4.79 Å². The summed E-state index contributed by atoms with van der Waals surface area (Å²) in [5.74, 6) is -0.702. The van der Waals surface area contributed by atoms with Crippen LogP contribution in [0.15, 0.2) is 42.5 Å². The summed E-state index contributed by atoms with van der Waals surface area (Å²) in [6.45, 7) is 9.40. The van der Waals surface area contributed by atoms with E-state index in [-0.39, 0.29) is 17.4 Å². The molecule has 1 fully saturated rings. The van der Waals surface area contributed by atoms with Crippen LogP contribution in [0.1, 0.15) is 76.4 Å². The van der Waals surface area contributed by atoms with E-state index in [0.29, 0.717) is 23.6 Å². The second kappa shape index (κ2) is 9.74. The molecule has 2 aromatic carbocycles. The summed E-state index contributed by atoms with van der Waals surface area (Å²) in [6.07, 6.45) is 0.351. The lowest BCUT2D eigenvalue weighted by atomic mass is 9.79. The molecule has 1 aliphatic heterocycles. The van der Waals surface area contributed by atoms with Gasteiger partial charge in [0.25, 0.3) is 0 Å². The zero-order chi connectivity index (χ0) is 24.4. The van der Waals surface area contributed by atoms with Crippen molar-refractivity contribution in [1.29, 1.82) is 0 Å². The molecule has 0 aliphatic carbocycles. The van der Waals surface area contributed by atoms with Crippen molar-refractivity contribution in [3.63, 3.8) is 0 Å². The third-order valence-corrected chi connectivity index (χ3v) is 6.11. The Bertz CT molecular complexity index is 1030. The highest BCUT2D eigenvalue weighted by Gasteiger charge is 2.41. The number of carboxylic acids is 1. The molecule has 1 heterocycles. The van der Waals surface area contributed by atoms with Crippen LogP contribution in [0.2, 0.25) is 5.02 Å². The first-order chi connectivity index (χ1) is 15.4. The Balaban J connectivity index is 2.07. The van der Waals surface area contributed by atoms with Gasteiger partial charge in [-0.1, -0.05) is 50.6 Å². The molecule has 6 nitrogen and oxygen atoms in total. The summed E-state index contributed by atoms with van der Waals surface area (Å²) in [4.78, 5) is 23.2. The first-order valence-corrected chi connectivity index (χ1v) is 11.4. The third-order valence-electron chi connectivity index (χ3n) is 5.87. The van der Waals surface area contributed by atoms with Crippen molar-refractivity contribution < 1.29 is 24.2 Å². The van der Waals surface area contributed by atoms with Gasteiger partial charge in [0, 0.05) is 35.9 Å². The molecule has 0 unspecified atom stereocenters. The van der Waals surface area contributed by atoms with Crippen molar-refractivity contribution in [3.05, 3.63) is 64.2 Å². The maximum absolute atomic E-state index is 12.0. The van der Waals surface area contributed by atoms with Crippen molar-refractivity contribution in [3.8, 4) is 5.75 Å². The number of halogens is 1. The molecule has 1 amide bonds. The summed E-state index contributed by atoms with van der Waals surface area (Å²) in [5.41, 5.74) is 2.11. The Morgan fingerprint density at radius 2 is 1.88 bits per heavy atom. The van der Waals surface area contributed by atoms with Gasteiger partial charge in [0.1, 0.15) is 5.75 Å². The molecule has 0 aromatic heterocycles. The van der Waals surface area contributed by atoms with Crippen molar-refractivity contribution in [2.45, 2.75) is 70.6 Å². The maximum Gasteiger partial charge on any atom is 0.341 e. The lowest BCUT2D eigenvalue weighted by Crippen LogP contribution is -2.50. The van der Waals surface area contributed by atoms with Crippen molar-refractivity contribution >= 4 is 23.5 Å². The highest BCUT2D eigenvalue weighted by molar-refractivity contribution is 6.30. The number of hydrogen-bond donors (Lipinski definition) is 2. The fraction of sp³-hybridized carbons (Fsp3) is 0.462. The van der Waals surface area contributed by atoms with E-state index >= 15 is 0 Å². The van der Waals surface area contributed by atoms with E-state index in [2.05, 4.69) is 26.1 Å². The van der Waals surface area contributed by atoms with Crippen molar-refractivity contribution in [1.82, 2.24) is 5.32 Å². The van der Waals surface area contributed by atoms with Gasteiger partial charge in [-0.15, -0.1) is 0 Å². The monoisotopic (exact) mass is 473 g/mol. The van der Waals surface area contributed by atoms with Gasteiger partial charge in [-0.05, 0) is 47.7 Å². The topological polar surface area (TPSA) is 84.9 Å². The van der Waals surface area contributed by atoms with E-state index in [0.717, 1.165) is 16.7 Å². The summed E-state index contributed by atoms with van der Waals surface area (Å²) in [7, 11) is 0. The minimum atomic E-state index is -1.05. The summed E-state index contributed by atoms with van der Waals surface area (Å²) < 4.78 is 12.2. The normalized spacial score (nSPS) is 23.1. The molecular formula is C26H32ClNO5. The molecule has 7 heteroatoms. The van der Waals surface area contributed by atoms with Gasteiger partial charge >= 0.3 is 5.97 Å². The van der Waals surface area contributed by atoms with Gasteiger partial charge in [0.05, 0.1) is 12.2 Å². The molecule has 0 spiro atoms. The van der Waals surface area contributed by atoms with Gasteiger partial charge in [0.2, 0.25) is 5.91 Å². The standard InChI is InChI=1S/C26H32ClNO5/c1-16(29)28-26(5)13-22(17-7-6-8-19(27)11-17)33-23(14-26)20-12-18(25(2,3)4)9-10-21(20)32-15-24(30)31/h6-12,22-23H,13-15H2,1-5H3,(H,28,29)(H,30,31)/t22-,23+,26+/m0/s1. The van der Waals surface area contributed by atoms with Crippen LogP contribution in [0.3, 0.4) is 0 Å². The number of ether oxygens (including phenoxy) is 2. The number of nitrogens with one attached hydrogen (secondary N) is 1. The van der Waals surface area contributed by atoms with E-state index in [9.17, 15) is 9.59 Å². The van der Waals surface area contributed by atoms with Crippen LogP contribution in [-0.2, 0) is 19.7 Å². The van der Waals surface area contributed by atoms with Crippen LogP contribution >= 0.6 is 11.6 Å². The van der Waals surface area contributed by atoms with Crippen LogP contribution in [0, 0.1) is 0 Å². The quantitative estimate of drug-likeness (QED) is 0.571. The zero-order valence-corrected chi connectivity index (χ0v) is 20.5. The predicted molar refractivity (Wildman–Crippen MR) is 128 cm³/mol. The van der Waals surface area contributed by atoms with Crippen LogP contribution < -0.4 is 10.1 Å². The van der Waals surface area contributed by atoms with Gasteiger partial charge < -0.3 is 19.9 Å². The number of benzene rings is 2. The Labute approximate surface area is 200 Å². The molecule has 3 rings (SSSR count). The first kappa shape index (κ1) is 25.1. The maximum atomic E-state index is 12.0. The van der Waals surface area contributed by atoms with Gasteiger partial charge in [-0.2, -0.15) is 0 Å². The molecule has 0 bridgehead atoms. The number of aliphatic carboxylic acids is 1. The fourth-order valence-electron chi connectivity index (χ4n) is 4.35. The van der Waals surface area contributed by atoms with E-state index in [1.54, 1.807) is 6.07 Å². The highest BCUT2D eigenvalue weighted by Crippen LogP contribution is 2.46. The van der Waals surface area contributed by atoms with Gasteiger partial charge in [0.15, 0.2) is 6.61 Å². The average Bonchev–Trinajstić information content (AvgIpc) is 2.70. The van der Waals surface area contributed by atoms with Gasteiger partial charge in [-0.3, -0.25) is 4.79 Å². The second-order valence-corrected chi connectivity index (χ2v) is 10.4. The molecule has 0 radical (unpaired) electrons. The number of carbonyl (C=O) groups excluding carboxylic acids is 1. The van der Waals surface area contributed by atoms with Crippen LogP contribution in [0.25, 0.3) is 0 Å². The van der Waals surface area contributed by atoms with E-state index in [4.69, 9.17) is 26.2 Å². The Hall–Kier alpha value is -2.57. The molecule has 1 saturated heterocycles. The zero-order valence-electron chi connectivity index (χ0n) is 19.8. The second-order valence-electron chi connectivity index (χ2n) is 10.0. The number of amides is 1. The predicted octanol–water partition coefficient (Wildman–Crippen LogP) is 5.59. The lowest BCUT2D eigenvalue weighted by molar-refractivity contribution is -0.139. The number of rotatable bonds is 6. The Morgan fingerprint density at radius 3 is 2.48 bits per heavy atom. The highest BCUT2D eigenvalue weighted by atomic mass is 35.5. The fourth-order valence-corrected chi connectivity index (χ4v) is 4.55. The largest absolute Gasteiger partial charge is 0.482 e. The SMILES string of the molecule is CC(=O)N[C@]1(C)C[C@@H](c2cccc(Cl)c2)O[C@@H](c2cc(C(C)(C)C)ccc2OCC(=O)O)C1. The minimum absolute atomic E-state index is 0.117. The number of carbonyl (C=O) groups is 2. The Morgan fingerprint density at radius 1 is 1.18 bits per heavy atom. The smallest absolute Gasteiger partial charge is 0.341 e. The van der Waals surface area contributed by atoms with Crippen molar-refractivity contribution in [2.75, 3.05) is 6.61 Å². The molecular weight excluding hydrogens is 442 g/mol. The summed E-state index contributed by atoms with van der Waals surface area (Å²) in [5, 5.41) is 12.9. The molecule has 0 saturated carbocycles. The molecule has 2 aromatic rings. The third kappa shape index (κ3) is 6.49. The molecule has 3 atom stereocenters. The molecule has 2 N–H and O–H groups in total. The van der Waals surface area contributed by atoms with E-state index in [1.807, 2.05) is 43.3 Å². The molecule has 33 heavy (non-hydrogen) atoms. The summed E-state index contributed by atoms with van der Waals surface area (Å²) >= 11 is 6.24. The van der Waals surface area contributed by atoms with Crippen LogP contribution in [-0.4, -0.2) is 29.1 Å². The lowest BCUT2D eigenvalue weighted by Gasteiger charge is -2.43. The van der Waals surface area contributed by atoms with E-state index < -0.39 is 24.2 Å². The first-order valence-electron chi connectivity index (χ1n) is 11.0. The minimum Gasteiger partial charge on any atom is -0.482 e. The average molecular weight is 474 g/mol. The molecule has 1 aliphatic rings. The van der Waals surface area contributed by atoms with Crippen LogP contribution in [0.4, 0.5) is 0 Å². The summed E-state index contributed by atoms with van der Waals surface area (Å²) in [6, 6.07) is 13.3. The van der Waals surface area contributed by atoms with Crippen LogP contribution in [0.5, 0.6) is 5.75 Å². The molecule has 178 valence electrons. The number of carboxylic acid groups (broad SMARTS) is 1. The Kier molecular flexibility index (Phi) is 7.39. The number of hydrogen-bond acceptors (Lipinski definition) is 4. The van der Waals surface area contributed by atoms with Crippen molar-refractivity contribution in [2.24, 2.45) is 0 Å². The van der Waals surface area contributed by atoms with E-state index in [1.165, 1.54) is 6.92 Å².